The van der Waals surface area contributed by atoms with Crippen LogP contribution in [0.3, 0.4) is 0 Å². The second kappa shape index (κ2) is 7.59. The van der Waals surface area contributed by atoms with Crippen molar-refractivity contribution in [3.05, 3.63) is 42.5 Å². The first-order valence-electron chi connectivity index (χ1n) is 7.43. The molecule has 0 aromatic heterocycles. The van der Waals surface area contributed by atoms with Crippen molar-refractivity contribution in [1.29, 1.82) is 0 Å². The molecule has 0 saturated carbocycles. The Morgan fingerprint density at radius 3 is 2.26 bits per heavy atom. The molecule has 1 aliphatic rings. The quantitative estimate of drug-likeness (QED) is 0.699. The van der Waals surface area contributed by atoms with Crippen LogP contribution in [0.15, 0.2) is 47.4 Å². The molecule has 0 aliphatic carbocycles. The fourth-order valence-electron chi connectivity index (χ4n) is 2.81. The Labute approximate surface area is 143 Å². The molecule has 126 valence electrons. The molecule has 2 aromatic rings. The Balaban J connectivity index is 0.00000192. The van der Waals surface area contributed by atoms with Crippen molar-refractivity contribution in [1.82, 2.24) is 9.21 Å². The summed E-state index contributed by atoms with van der Waals surface area (Å²) in [5.74, 6) is 0. The first-order valence-corrected chi connectivity index (χ1v) is 8.87. The van der Waals surface area contributed by atoms with Crippen LogP contribution < -0.4 is 12.4 Å². The molecule has 1 fully saturated rings. The molecule has 0 radical (unpaired) electrons. The Kier molecular flexibility index (Phi) is 6.00. The molecule has 7 heteroatoms. The van der Waals surface area contributed by atoms with Crippen molar-refractivity contribution in [2.24, 2.45) is 0 Å². The number of β-amino-alcohol motifs (C(OH)–C–C–N with tert-alkyl or cyclic N) is 1. The molecule has 0 spiro atoms. The minimum absolute atomic E-state index is 0. The number of nitrogens with zero attached hydrogens (tertiary/aromatic N) is 2. The highest BCUT2D eigenvalue weighted by Gasteiger charge is 2.28. The largest absolute Gasteiger partial charge is 1.00 e. The van der Waals surface area contributed by atoms with E-state index in [1.165, 1.54) is 4.31 Å². The second-order valence-corrected chi connectivity index (χ2v) is 7.42. The minimum Gasteiger partial charge on any atom is -1.00 e. The van der Waals surface area contributed by atoms with E-state index in [2.05, 4.69) is 4.90 Å². The van der Waals surface area contributed by atoms with Gasteiger partial charge in [-0.25, -0.2) is 8.42 Å². The van der Waals surface area contributed by atoms with Gasteiger partial charge in [0.05, 0.1) is 11.5 Å². The predicted octanol–water partition coefficient (Wildman–Crippen LogP) is -1.86. The van der Waals surface area contributed by atoms with E-state index in [9.17, 15) is 8.42 Å². The van der Waals surface area contributed by atoms with Gasteiger partial charge in [0.2, 0.25) is 10.0 Å². The lowest BCUT2D eigenvalue weighted by atomic mass is 10.1. The summed E-state index contributed by atoms with van der Waals surface area (Å²) in [4.78, 5) is 2.42. The highest BCUT2D eigenvalue weighted by atomic mass is 35.5. The normalized spacial score (nSPS) is 17.1. The van der Waals surface area contributed by atoms with Crippen LogP contribution in [0.4, 0.5) is 0 Å². The van der Waals surface area contributed by atoms with Gasteiger partial charge in [0.1, 0.15) is 0 Å². The molecule has 2 aromatic carbocycles. The average Bonchev–Trinajstić information content (AvgIpc) is 2.55. The van der Waals surface area contributed by atoms with Crippen molar-refractivity contribution < 1.29 is 25.9 Å². The van der Waals surface area contributed by atoms with E-state index in [0.717, 1.165) is 10.8 Å². The van der Waals surface area contributed by atoms with E-state index in [0.29, 0.717) is 37.6 Å². The number of aliphatic hydroxyl groups is 1. The number of fused-ring (bicyclic) bond motifs is 1. The molecular weight excluding hydrogens is 336 g/mol. The van der Waals surface area contributed by atoms with Crippen LogP contribution in [0.1, 0.15) is 0 Å². The van der Waals surface area contributed by atoms with Crippen LogP contribution >= 0.6 is 0 Å². The number of hydrogen-bond acceptors (Lipinski definition) is 4. The maximum Gasteiger partial charge on any atom is 0.243 e. The lowest BCUT2D eigenvalue weighted by molar-refractivity contribution is -0.00000835. The van der Waals surface area contributed by atoms with Crippen LogP contribution in [-0.4, -0.2) is 62.1 Å². The molecule has 1 saturated heterocycles. The number of rotatable bonds is 4. The van der Waals surface area contributed by atoms with E-state index in [1.54, 1.807) is 12.1 Å². The van der Waals surface area contributed by atoms with E-state index in [1.807, 2.05) is 30.3 Å². The molecule has 1 N–H and O–H groups in total. The van der Waals surface area contributed by atoms with Crippen LogP contribution in [0.5, 0.6) is 0 Å². The molecule has 23 heavy (non-hydrogen) atoms. The Morgan fingerprint density at radius 2 is 1.61 bits per heavy atom. The summed E-state index contributed by atoms with van der Waals surface area (Å²) in [6.07, 6.45) is 0. The molecule has 1 heterocycles. The molecule has 1 aliphatic heterocycles. The summed E-state index contributed by atoms with van der Waals surface area (Å²) >= 11 is 0. The average molecular weight is 356 g/mol. The maximum atomic E-state index is 12.8. The third kappa shape index (κ3) is 3.84. The molecule has 5 nitrogen and oxygen atoms in total. The highest BCUT2D eigenvalue weighted by Crippen LogP contribution is 2.22. The van der Waals surface area contributed by atoms with Gasteiger partial charge in [-0.3, -0.25) is 4.90 Å². The number of hydrogen-bond donors (Lipinski definition) is 1. The van der Waals surface area contributed by atoms with Crippen molar-refractivity contribution in [2.45, 2.75) is 4.90 Å². The monoisotopic (exact) mass is 355 g/mol. The fourth-order valence-corrected chi connectivity index (χ4v) is 4.27. The number of sulfonamides is 1. The van der Waals surface area contributed by atoms with Gasteiger partial charge in [0.25, 0.3) is 0 Å². The summed E-state index contributed by atoms with van der Waals surface area (Å²) in [7, 11) is -3.45. The lowest BCUT2D eigenvalue weighted by Gasteiger charge is -2.33. The summed E-state index contributed by atoms with van der Waals surface area (Å²) in [5.41, 5.74) is 0. The lowest BCUT2D eigenvalue weighted by Crippen LogP contribution is -3.00. The van der Waals surface area contributed by atoms with E-state index in [-0.39, 0.29) is 19.0 Å². The van der Waals surface area contributed by atoms with E-state index >= 15 is 0 Å². The second-order valence-electron chi connectivity index (χ2n) is 5.48. The zero-order chi connectivity index (χ0) is 15.6. The topological polar surface area (TPSA) is 60.9 Å². The van der Waals surface area contributed by atoms with Gasteiger partial charge in [-0.2, -0.15) is 4.31 Å². The summed E-state index contributed by atoms with van der Waals surface area (Å²) in [5, 5.41) is 10.9. The number of piperazine rings is 1. The van der Waals surface area contributed by atoms with Gasteiger partial charge in [0.15, 0.2) is 0 Å². The fraction of sp³-hybridized carbons (Fsp3) is 0.375. The van der Waals surface area contributed by atoms with E-state index in [4.69, 9.17) is 5.11 Å². The van der Waals surface area contributed by atoms with Crippen LogP contribution in [0.25, 0.3) is 10.8 Å². The number of aliphatic hydroxyl groups excluding tert-OH is 1. The van der Waals surface area contributed by atoms with Crippen molar-refractivity contribution in [3.63, 3.8) is 0 Å². The van der Waals surface area contributed by atoms with Gasteiger partial charge < -0.3 is 17.5 Å². The zero-order valence-electron chi connectivity index (χ0n) is 12.7. The molecule has 0 amide bonds. The highest BCUT2D eigenvalue weighted by molar-refractivity contribution is 7.89. The minimum atomic E-state index is -3.45. The molecule has 0 unspecified atom stereocenters. The van der Waals surface area contributed by atoms with Crippen LogP contribution in [-0.2, 0) is 10.0 Å². The Bertz CT molecular complexity index is 759. The first-order chi connectivity index (χ1) is 10.6. The SMILES string of the molecule is O=S(=O)(c1ccc2ccccc2c1)N1CCN(CCO)CC1.[Cl-]. The van der Waals surface area contributed by atoms with Crippen LogP contribution in [0.2, 0.25) is 0 Å². The molecule has 0 atom stereocenters. The smallest absolute Gasteiger partial charge is 0.243 e. The zero-order valence-corrected chi connectivity index (χ0v) is 14.3. The van der Waals surface area contributed by atoms with Gasteiger partial charge in [-0.05, 0) is 22.9 Å². The summed E-state index contributed by atoms with van der Waals surface area (Å²) in [6, 6.07) is 13.0. The Hall–Kier alpha value is -1.18. The summed E-state index contributed by atoms with van der Waals surface area (Å²) in [6.45, 7) is 2.96. The van der Waals surface area contributed by atoms with Gasteiger partial charge in [-0.1, -0.05) is 30.3 Å². The number of benzene rings is 2. The number of halogens is 1. The predicted molar refractivity (Wildman–Crippen MR) is 86.2 cm³/mol. The Morgan fingerprint density at radius 1 is 0.957 bits per heavy atom. The standard InChI is InChI=1S/C16H20N2O3S.ClH/c19-12-11-17-7-9-18(10-8-17)22(20,21)16-6-5-14-3-1-2-4-15(14)13-16;/h1-6,13,19H,7-12H2;1H/p-1. The van der Waals surface area contributed by atoms with Crippen molar-refractivity contribution in [2.75, 3.05) is 39.3 Å². The molecule has 0 bridgehead atoms. The summed E-state index contributed by atoms with van der Waals surface area (Å²) < 4.78 is 27.0. The first kappa shape index (κ1) is 18.2. The van der Waals surface area contributed by atoms with Gasteiger partial charge in [0, 0.05) is 32.7 Å². The van der Waals surface area contributed by atoms with Gasteiger partial charge >= 0.3 is 0 Å². The molecular formula is C16H20ClN2O3S-. The van der Waals surface area contributed by atoms with E-state index < -0.39 is 10.0 Å². The maximum absolute atomic E-state index is 12.8. The van der Waals surface area contributed by atoms with Crippen molar-refractivity contribution >= 4 is 20.8 Å². The van der Waals surface area contributed by atoms with Gasteiger partial charge in [-0.15, -0.1) is 0 Å². The molecule has 3 rings (SSSR count). The third-order valence-electron chi connectivity index (χ3n) is 4.11. The van der Waals surface area contributed by atoms with Crippen LogP contribution in [0, 0.1) is 0 Å². The third-order valence-corrected chi connectivity index (χ3v) is 6.00. The van der Waals surface area contributed by atoms with Crippen molar-refractivity contribution in [3.8, 4) is 0 Å².